The van der Waals surface area contributed by atoms with Gasteiger partial charge in [0.15, 0.2) is 0 Å². The Kier molecular flexibility index (Phi) is 3.08. The molecule has 3 nitrogen and oxygen atoms in total. The molecule has 2 aromatic heterocycles. The van der Waals surface area contributed by atoms with Crippen LogP contribution in [0, 0.1) is 6.92 Å². The lowest BCUT2D eigenvalue weighted by Crippen LogP contribution is -2.01. The number of nitrogens with two attached hydrogens (primary N) is 1. The van der Waals surface area contributed by atoms with Crippen LogP contribution in [0.2, 0.25) is 0 Å². The molecule has 0 unspecified atom stereocenters. The summed E-state index contributed by atoms with van der Waals surface area (Å²) in [5.74, 6) is 0. The maximum absolute atomic E-state index is 5.54. The van der Waals surface area contributed by atoms with Gasteiger partial charge >= 0.3 is 0 Å². The average molecular weight is 219 g/mol. The van der Waals surface area contributed by atoms with Crippen molar-refractivity contribution < 1.29 is 0 Å². The molecule has 2 heterocycles. The Hall–Kier alpha value is -1.26. The van der Waals surface area contributed by atoms with Gasteiger partial charge < -0.3 is 5.73 Å². The van der Waals surface area contributed by atoms with Crippen LogP contribution in [-0.2, 0) is 6.42 Å². The topological polar surface area (TPSA) is 51.8 Å². The van der Waals surface area contributed by atoms with Crippen LogP contribution >= 0.6 is 11.3 Å². The number of nitrogens with zero attached hydrogens (tertiary/aromatic N) is 2. The first-order chi connectivity index (χ1) is 7.31. The molecule has 4 heteroatoms. The van der Waals surface area contributed by atoms with Crippen LogP contribution in [-0.4, -0.2) is 16.5 Å². The fourth-order valence-corrected chi connectivity index (χ4v) is 2.44. The normalized spacial score (nSPS) is 10.5. The lowest BCUT2D eigenvalue weighted by Gasteiger charge is -1.92. The molecule has 0 atom stereocenters. The summed E-state index contributed by atoms with van der Waals surface area (Å²) in [6, 6.07) is 5.86. The zero-order valence-corrected chi connectivity index (χ0v) is 9.42. The molecule has 78 valence electrons. The van der Waals surface area contributed by atoms with Gasteiger partial charge in [-0.25, -0.2) is 4.98 Å². The average Bonchev–Trinajstić information content (AvgIpc) is 2.63. The molecule has 0 amide bonds. The molecule has 0 aromatic carbocycles. The van der Waals surface area contributed by atoms with E-state index in [0.29, 0.717) is 6.54 Å². The number of thiazole rings is 1. The quantitative estimate of drug-likeness (QED) is 0.859. The van der Waals surface area contributed by atoms with Crippen molar-refractivity contribution >= 4 is 11.3 Å². The second-order valence-electron chi connectivity index (χ2n) is 3.28. The second-order valence-corrected chi connectivity index (χ2v) is 4.36. The maximum atomic E-state index is 5.54. The van der Waals surface area contributed by atoms with Gasteiger partial charge in [0.1, 0.15) is 5.01 Å². The smallest absolute Gasteiger partial charge is 0.142 e. The summed E-state index contributed by atoms with van der Waals surface area (Å²) in [7, 11) is 0. The van der Waals surface area contributed by atoms with E-state index in [4.69, 9.17) is 5.73 Å². The minimum absolute atomic E-state index is 0.671. The van der Waals surface area contributed by atoms with E-state index in [2.05, 4.69) is 9.97 Å². The summed E-state index contributed by atoms with van der Waals surface area (Å²) < 4.78 is 0. The lowest BCUT2D eigenvalue weighted by atomic mass is 10.3. The van der Waals surface area contributed by atoms with E-state index in [1.807, 2.05) is 25.1 Å². The van der Waals surface area contributed by atoms with Crippen LogP contribution in [0.15, 0.2) is 24.4 Å². The van der Waals surface area contributed by atoms with Crippen LogP contribution in [0.1, 0.15) is 10.6 Å². The molecular weight excluding hydrogens is 206 g/mol. The number of hydrogen-bond donors (Lipinski definition) is 1. The molecule has 0 bridgehead atoms. The maximum Gasteiger partial charge on any atom is 0.142 e. The summed E-state index contributed by atoms with van der Waals surface area (Å²) in [5, 5.41) is 0.983. The molecule has 2 aromatic rings. The summed E-state index contributed by atoms with van der Waals surface area (Å²) in [6.07, 6.45) is 2.69. The predicted octanol–water partition coefficient (Wildman–Crippen LogP) is 2.01. The van der Waals surface area contributed by atoms with Crippen LogP contribution in [0.4, 0.5) is 0 Å². The summed E-state index contributed by atoms with van der Waals surface area (Å²) in [6.45, 7) is 2.69. The number of aromatic nitrogens is 2. The van der Waals surface area contributed by atoms with Crippen LogP contribution < -0.4 is 5.73 Å². The van der Waals surface area contributed by atoms with E-state index in [1.165, 1.54) is 4.88 Å². The van der Waals surface area contributed by atoms with E-state index in [1.54, 1.807) is 17.5 Å². The largest absolute Gasteiger partial charge is 0.330 e. The fraction of sp³-hybridized carbons (Fsp3) is 0.273. The minimum Gasteiger partial charge on any atom is -0.330 e. The van der Waals surface area contributed by atoms with Gasteiger partial charge in [0.25, 0.3) is 0 Å². The first-order valence-corrected chi connectivity index (χ1v) is 5.70. The van der Waals surface area contributed by atoms with E-state index >= 15 is 0 Å². The predicted molar refractivity (Wildman–Crippen MR) is 62.8 cm³/mol. The van der Waals surface area contributed by atoms with Crippen molar-refractivity contribution in [3.8, 4) is 10.7 Å². The number of hydrogen-bond acceptors (Lipinski definition) is 4. The highest BCUT2D eigenvalue weighted by atomic mass is 32.1. The fourth-order valence-electron chi connectivity index (χ4n) is 1.39. The lowest BCUT2D eigenvalue weighted by molar-refractivity contribution is 0.970. The van der Waals surface area contributed by atoms with Gasteiger partial charge in [-0.2, -0.15) is 0 Å². The van der Waals surface area contributed by atoms with Gasteiger partial charge in [-0.3, -0.25) is 4.98 Å². The van der Waals surface area contributed by atoms with Gasteiger partial charge in [0.05, 0.1) is 11.4 Å². The molecule has 0 radical (unpaired) electrons. The summed E-state index contributed by atoms with van der Waals surface area (Å²) in [5.41, 5.74) is 7.55. The number of rotatable bonds is 3. The second kappa shape index (κ2) is 4.51. The molecule has 0 aliphatic carbocycles. The van der Waals surface area contributed by atoms with Crippen molar-refractivity contribution in [3.05, 3.63) is 35.0 Å². The number of pyridine rings is 1. The standard InChI is InChI=1S/C11H13N3S/c1-8-10(5-6-12)15-11(14-8)9-4-2-3-7-13-9/h2-4,7H,5-6,12H2,1H3. The van der Waals surface area contributed by atoms with Crippen molar-refractivity contribution in [2.75, 3.05) is 6.54 Å². The molecule has 0 aliphatic rings. The van der Waals surface area contributed by atoms with Crippen LogP contribution in [0.5, 0.6) is 0 Å². The van der Waals surface area contributed by atoms with Gasteiger partial charge in [0, 0.05) is 11.1 Å². The third-order valence-electron chi connectivity index (χ3n) is 2.15. The van der Waals surface area contributed by atoms with Gasteiger partial charge in [0.2, 0.25) is 0 Å². The Morgan fingerprint density at radius 1 is 1.40 bits per heavy atom. The Morgan fingerprint density at radius 2 is 2.27 bits per heavy atom. The van der Waals surface area contributed by atoms with Crippen molar-refractivity contribution in [3.63, 3.8) is 0 Å². The zero-order valence-electron chi connectivity index (χ0n) is 8.60. The molecule has 15 heavy (non-hydrogen) atoms. The SMILES string of the molecule is Cc1nc(-c2ccccn2)sc1CCN. The molecule has 2 rings (SSSR count). The Balaban J connectivity index is 2.34. The molecule has 0 aliphatic heterocycles. The van der Waals surface area contributed by atoms with E-state index < -0.39 is 0 Å². The third-order valence-corrected chi connectivity index (χ3v) is 3.39. The third kappa shape index (κ3) is 2.22. The first kappa shape index (κ1) is 10.3. The minimum atomic E-state index is 0.671. The zero-order chi connectivity index (χ0) is 10.7. The molecule has 2 N–H and O–H groups in total. The molecule has 0 saturated carbocycles. The first-order valence-electron chi connectivity index (χ1n) is 4.89. The van der Waals surface area contributed by atoms with Crippen molar-refractivity contribution in [2.24, 2.45) is 5.73 Å². The van der Waals surface area contributed by atoms with Gasteiger partial charge in [-0.1, -0.05) is 6.07 Å². The summed E-state index contributed by atoms with van der Waals surface area (Å²) >= 11 is 1.68. The van der Waals surface area contributed by atoms with Crippen molar-refractivity contribution in [1.82, 2.24) is 9.97 Å². The van der Waals surface area contributed by atoms with Crippen LogP contribution in [0.3, 0.4) is 0 Å². The highest BCUT2D eigenvalue weighted by molar-refractivity contribution is 7.15. The Labute approximate surface area is 93.0 Å². The van der Waals surface area contributed by atoms with E-state index in [-0.39, 0.29) is 0 Å². The van der Waals surface area contributed by atoms with E-state index in [9.17, 15) is 0 Å². The Morgan fingerprint density at radius 3 is 2.93 bits per heavy atom. The highest BCUT2D eigenvalue weighted by Crippen LogP contribution is 2.26. The molecule has 0 saturated heterocycles. The highest BCUT2D eigenvalue weighted by Gasteiger charge is 2.08. The van der Waals surface area contributed by atoms with E-state index in [0.717, 1.165) is 22.8 Å². The number of aryl methyl sites for hydroxylation is 1. The van der Waals surface area contributed by atoms with Crippen LogP contribution in [0.25, 0.3) is 10.7 Å². The monoisotopic (exact) mass is 219 g/mol. The van der Waals surface area contributed by atoms with Gasteiger partial charge in [-0.05, 0) is 32.0 Å². The molecule has 0 fully saturated rings. The van der Waals surface area contributed by atoms with Crippen molar-refractivity contribution in [1.29, 1.82) is 0 Å². The summed E-state index contributed by atoms with van der Waals surface area (Å²) in [4.78, 5) is 10.0. The Bertz CT molecular complexity index is 436. The molecule has 0 spiro atoms. The van der Waals surface area contributed by atoms with Crippen molar-refractivity contribution in [2.45, 2.75) is 13.3 Å². The molecular formula is C11H13N3S. The van der Waals surface area contributed by atoms with Gasteiger partial charge in [-0.15, -0.1) is 11.3 Å².